The Labute approximate surface area is 118 Å². The maximum absolute atomic E-state index is 12.2. The van der Waals surface area contributed by atoms with Gasteiger partial charge in [-0.25, -0.2) is 8.42 Å². The van der Waals surface area contributed by atoms with Crippen LogP contribution in [0.15, 0.2) is 25.3 Å². The van der Waals surface area contributed by atoms with Crippen molar-refractivity contribution in [2.24, 2.45) is 16.8 Å². The van der Waals surface area contributed by atoms with E-state index in [1.165, 1.54) is 11.4 Å². The van der Waals surface area contributed by atoms with E-state index in [9.17, 15) is 8.42 Å². The topological polar surface area (TPSA) is 96.0 Å². The first-order valence-corrected chi connectivity index (χ1v) is 8.08. The van der Waals surface area contributed by atoms with Gasteiger partial charge in [0.15, 0.2) is 0 Å². The lowest BCUT2D eigenvalue weighted by molar-refractivity contribution is 0.312. The zero-order valence-electron chi connectivity index (χ0n) is 9.87. The van der Waals surface area contributed by atoms with E-state index in [0.717, 1.165) is 11.3 Å². The monoisotopic (exact) mass is 355 g/mol. The van der Waals surface area contributed by atoms with E-state index in [1.54, 1.807) is 18.4 Å². The lowest BCUT2D eigenvalue weighted by Gasteiger charge is -2.19. The number of hydrogen-bond acceptors (Lipinski definition) is 5. The Morgan fingerprint density at radius 2 is 2.33 bits per heavy atom. The molecule has 0 saturated heterocycles. The van der Waals surface area contributed by atoms with Gasteiger partial charge >= 0.3 is 0 Å². The summed E-state index contributed by atoms with van der Waals surface area (Å²) in [6, 6.07) is 1.68. The highest BCUT2D eigenvalue weighted by Crippen LogP contribution is 2.29. The van der Waals surface area contributed by atoms with Crippen molar-refractivity contribution >= 4 is 43.1 Å². The van der Waals surface area contributed by atoms with Crippen LogP contribution in [0.2, 0.25) is 0 Å². The minimum Gasteiger partial charge on any atom is -0.409 e. The second-order valence-corrected chi connectivity index (χ2v) is 7.78. The lowest BCUT2D eigenvalue weighted by atomic mass is 10.2. The van der Waals surface area contributed by atoms with Crippen LogP contribution in [0.4, 0.5) is 0 Å². The van der Waals surface area contributed by atoms with Crippen LogP contribution in [0.1, 0.15) is 6.92 Å². The Morgan fingerprint density at radius 1 is 1.72 bits per heavy atom. The number of nitrogens with zero attached hydrogens (tertiary/aromatic N) is 2. The van der Waals surface area contributed by atoms with E-state index in [-0.39, 0.29) is 22.5 Å². The molecular weight excluding hydrogens is 342 g/mol. The molecule has 1 rings (SSSR count). The molecule has 9 heteroatoms. The molecule has 1 heterocycles. The Morgan fingerprint density at radius 3 is 2.78 bits per heavy atom. The fraction of sp³-hybridized carbons (Fsp3) is 0.444. The number of nitrogens with two attached hydrogens (primary N) is 1. The molecule has 18 heavy (non-hydrogen) atoms. The van der Waals surface area contributed by atoms with Crippen molar-refractivity contribution in [1.82, 2.24) is 4.31 Å². The highest BCUT2D eigenvalue weighted by Gasteiger charge is 2.26. The molecule has 0 amide bonds. The fourth-order valence-corrected chi connectivity index (χ4v) is 5.04. The third-order valence-electron chi connectivity index (χ3n) is 2.38. The molecule has 0 radical (unpaired) electrons. The first-order valence-electron chi connectivity index (χ1n) is 4.97. The summed E-state index contributed by atoms with van der Waals surface area (Å²) in [5.41, 5.74) is 5.43. The summed E-state index contributed by atoms with van der Waals surface area (Å²) in [6.07, 6.45) is 0. The van der Waals surface area contributed by atoms with E-state index < -0.39 is 10.0 Å². The van der Waals surface area contributed by atoms with Gasteiger partial charge in [0.05, 0.1) is 0 Å². The van der Waals surface area contributed by atoms with E-state index in [4.69, 9.17) is 10.9 Å². The molecular formula is C9H14BrN3O3S2. The number of hydrogen-bond donors (Lipinski definition) is 2. The lowest BCUT2D eigenvalue weighted by Crippen LogP contribution is -2.36. The van der Waals surface area contributed by atoms with Crippen LogP contribution in [0.5, 0.6) is 0 Å². The van der Waals surface area contributed by atoms with E-state index in [2.05, 4.69) is 21.1 Å². The number of halogens is 1. The summed E-state index contributed by atoms with van der Waals surface area (Å²) in [5, 5.41) is 13.1. The molecule has 0 saturated carbocycles. The van der Waals surface area contributed by atoms with E-state index in [1.807, 2.05) is 0 Å². The average Bonchev–Trinajstić information content (AvgIpc) is 2.74. The van der Waals surface area contributed by atoms with Crippen LogP contribution in [0.3, 0.4) is 0 Å². The second kappa shape index (κ2) is 6.00. The Hall–Kier alpha value is -0.640. The van der Waals surface area contributed by atoms with Gasteiger partial charge in [-0.3, -0.25) is 0 Å². The molecule has 1 atom stereocenters. The van der Waals surface area contributed by atoms with Crippen molar-refractivity contribution in [2.45, 2.75) is 11.1 Å². The SMILES string of the molecule is CC(CN(C)S(=O)(=O)c1sccc1Br)/C(N)=N/O. The summed E-state index contributed by atoms with van der Waals surface area (Å²) in [6.45, 7) is 1.83. The first-order chi connectivity index (χ1) is 8.30. The Balaban J connectivity index is 2.91. The molecule has 0 aliphatic rings. The molecule has 3 N–H and O–H groups in total. The third-order valence-corrected chi connectivity index (χ3v) is 6.85. The van der Waals surface area contributed by atoms with Gasteiger partial charge in [-0.2, -0.15) is 4.31 Å². The average molecular weight is 356 g/mol. The molecule has 102 valence electrons. The highest BCUT2D eigenvalue weighted by molar-refractivity contribution is 9.10. The van der Waals surface area contributed by atoms with Crippen LogP contribution in [0, 0.1) is 5.92 Å². The molecule has 1 unspecified atom stereocenters. The number of oxime groups is 1. The van der Waals surface area contributed by atoms with E-state index in [0.29, 0.717) is 4.47 Å². The zero-order valence-corrected chi connectivity index (χ0v) is 13.1. The maximum atomic E-state index is 12.2. The number of rotatable bonds is 5. The van der Waals surface area contributed by atoms with Gasteiger partial charge < -0.3 is 10.9 Å². The van der Waals surface area contributed by atoms with Gasteiger partial charge in [0.1, 0.15) is 10.0 Å². The molecule has 0 spiro atoms. The Kier molecular flexibility index (Phi) is 5.14. The normalized spacial score (nSPS) is 15.0. The third kappa shape index (κ3) is 3.22. The smallest absolute Gasteiger partial charge is 0.253 e. The molecule has 0 aliphatic carbocycles. The fourth-order valence-electron chi connectivity index (χ4n) is 1.28. The molecule has 0 aromatic carbocycles. The standard InChI is InChI=1S/C9H14BrN3O3S2/c1-6(8(11)12-14)5-13(2)18(15,16)9-7(10)3-4-17-9/h3-4,6,14H,5H2,1-2H3,(H2,11,12). The number of sulfonamides is 1. The maximum Gasteiger partial charge on any atom is 0.253 e. The van der Waals surface area contributed by atoms with Gasteiger partial charge in [-0.1, -0.05) is 12.1 Å². The van der Waals surface area contributed by atoms with Gasteiger partial charge in [0, 0.05) is 24.0 Å². The van der Waals surface area contributed by atoms with Gasteiger partial charge in [-0.15, -0.1) is 11.3 Å². The minimum absolute atomic E-state index is 0.00213. The molecule has 1 aromatic heterocycles. The molecule has 6 nitrogen and oxygen atoms in total. The summed E-state index contributed by atoms with van der Waals surface area (Å²) >= 11 is 4.33. The van der Waals surface area contributed by atoms with Crippen molar-refractivity contribution in [3.8, 4) is 0 Å². The Bertz CT molecular complexity index is 541. The van der Waals surface area contributed by atoms with Crippen molar-refractivity contribution in [3.63, 3.8) is 0 Å². The van der Waals surface area contributed by atoms with Crippen molar-refractivity contribution < 1.29 is 13.6 Å². The summed E-state index contributed by atoms with van der Waals surface area (Å²) in [5.74, 6) is -0.365. The quantitative estimate of drug-likeness (QED) is 0.362. The molecule has 0 fully saturated rings. The van der Waals surface area contributed by atoms with Crippen molar-refractivity contribution in [3.05, 3.63) is 15.9 Å². The van der Waals surface area contributed by atoms with Crippen LogP contribution in [-0.2, 0) is 10.0 Å². The van der Waals surface area contributed by atoms with Gasteiger partial charge in [-0.05, 0) is 27.4 Å². The summed E-state index contributed by atoms with van der Waals surface area (Å²) in [7, 11) is -2.09. The van der Waals surface area contributed by atoms with Crippen LogP contribution >= 0.6 is 27.3 Å². The van der Waals surface area contributed by atoms with Gasteiger partial charge in [0.25, 0.3) is 10.0 Å². The van der Waals surface area contributed by atoms with Crippen LogP contribution < -0.4 is 5.73 Å². The number of amidine groups is 1. The highest BCUT2D eigenvalue weighted by atomic mass is 79.9. The van der Waals surface area contributed by atoms with E-state index >= 15 is 0 Å². The van der Waals surface area contributed by atoms with Crippen LogP contribution in [0.25, 0.3) is 0 Å². The van der Waals surface area contributed by atoms with Crippen molar-refractivity contribution in [2.75, 3.05) is 13.6 Å². The van der Waals surface area contributed by atoms with Crippen molar-refractivity contribution in [1.29, 1.82) is 0 Å². The van der Waals surface area contributed by atoms with Crippen LogP contribution in [-0.4, -0.2) is 37.4 Å². The van der Waals surface area contributed by atoms with Gasteiger partial charge in [0.2, 0.25) is 0 Å². The minimum atomic E-state index is -3.55. The summed E-state index contributed by atoms with van der Waals surface area (Å²) in [4.78, 5) is 0. The molecule has 1 aromatic rings. The number of thiophene rings is 1. The predicted molar refractivity (Wildman–Crippen MR) is 74.4 cm³/mol. The molecule has 0 aliphatic heterocycles. The first kappa shape index (κ1) is 15.4. The summed E-state index contributed by atoms with van der Waals surface area (Å²) < 4.78 is 26.4. The zero-order chi connectivity index (χ0) is 13.9. The molecule has 0 bridgehead atoms. The second-order valence-electron chi connectivity index (χ2n) is 3.77. The largest absolute Gasteiger partial charge is 0.409 e. The predicted octanol–water partition coefficient (Wildman–Crippen LogP) is 1.51.